The second-order valence-corrected chi connectivity index (χ2v) is 6.00. The molecule has 0 aliphatic carbocycles. The number of anilines is 1. The van der Waals surface area contributed by atoms with E-state index < -0.39 is 5.41 Å². The first kappa shape index (κ1) is 11.2. The summed E-state index contributed by atoms with van der Waals surface area (Å²) in [4.78, 5) is 12.2. The molecule has 0 spiro atoms. The normalized spacial score (nSPS) is 27.5. The Morgan fingerprint density at radius 3 is 2.94 bits per heavy atom. The van der Waals surface area contributed by atoms with Crippen LogP contribution in [0, 0.1) is 5.92 Å². The van der Waals surface area contributed by atoms with Gasteiger partial charge in [-0.3, -0.25) is 4.79 Å². The van der Waals surface area contributed by atoms with Crippen molar-refractivity contribution in [3.8, 4) is 0 Å². The molecule has 1 aromatic carbocycles. The highest BCUT2D eigenvalue weighted by atomic mass is 79.9. The van der Waals surface area contributed by atoms with Gasteiger partial charge in [-0.05, 0) is 37.1 Å². The maximum absolute atomic E-state index is 12.2. The number of hydrogen-bond acceptors (Lipinski definition) is 2. The van der Waals surface area contributed by atoms with Crippen LogP contribution >= 0.6 is 15.9 Å². The molecule has 3 nitrogen and oxygen atoms in total. The van der Waals surface area contributed by atoms with Gasteiger partial charge in [0.05, 0.1) is 18.6 Å². The predicted molar refractivity (Wildman–Crippen MR) is 69.0 cm³/mol. The van der Waals surface area contributed by atoms with Gasteiger partial charge in [-0.15, -0.1) is 0 Å². The molecule has 3 rings (SSSR count). The van der Waals surface area contributed by atoms with Gasteiger partial charge in [0.25, 0.3) is 0 Å². The van der Waals surface area contributed by atoms with Crippen molar-refractivity contribution in [2.24, 2.45) is 5.92 Å². The van der Waals surface area contributed by atoms with E-state index in [1.807, 2.05) is 25.1 Å². The van der Waals surface area contributed by atoms with E-state index in [0.717, 1.165) is 35.4 Å². The molecule has 4 heteroatoms. The topological polar surface area (TPSA) is 38.3 Å². The van der Waals surface area contributed by atoms with Crippen molar-refractivity contribution in [1.82, 2.24) is 0 Å². The van der Waals surface area contributed by atoms with Crippen molar-refractivity contribution in [3.05, 3.63) is 28.2 Å². The molecule has 2 aliphatic heterocycles. The zero-order valence-corrected chi connectivity index (χ0v) is 11.2. The van der Waals surface area contributed by atoms with Gasteiger partial charge in [0.1, 0.15) is 0 Å². The summed E-state index contributed by atoms with van der Waals surface area (Å²) in [7, 11) is 0. The Hall–Kier alpha value is -0.870. The van der Waals surface area contributed by atoms with Gasteiger partial charge >= 0.3 is 0 Å². The van der Waals surface area contributed by atoms with Crippen molar-refractivity contribution < 1.29 is 9.53 Å². The van der Waals surface area contributed by atoms with Gasteiger partial charge < -0.3 is 10.1 Å². The van der Waals surface area contributed by atoms with Crippen molar-refractivity contribution in [2.75, 3.05) is 18.5 Å². The number of nitrogens with one attached hydrogen (secondary N) is 1. The molecule has 90 valence electrons. The summed E-state index contributed by atoms with van der Waals surface area (Å²) in [6.45, 7) is 3.59. The molecule has 1 aromatic rings. The van der Waals surface area contributed by atoms with Gasteiger partial charge in [-0.1, -0.05) is 15.9 Å². The monoisotopic (exact) mass is 295 g/mol. The van der Waals surface area contributed by atoms with E-state index in [1.165, 1.54) is 0 Å². The van der Waals surface area contributed by atoms with Gasteiger partial charge in [0.15, 0.2) is 0 Å². The molecule has 0 bridgehead atoms. The minimum atomic E-state index is -0.409. The van der Waals surface area contributed by atoms with Crippen molar-refractivity contribution >= 4 is 27.5 Å². The van der Waals surface area contributed by atoms with Crippen LogP contribution in [0.2, 0.25) is 0 Å². The average Bonchev–Trinajstić information content (AvgIpc) is 2.48. The molecule has 0 saturated carbocycles. The molecular formula is C13H14BrNO2. The fourth-order valence-corrected chi connectivity index (χ4v) is 3.01. The van der Waals surface area contributed by atoms with Crippen LogP contribution in [-0.4, -0.2) is 19.1 Å². The summed E-state index contributed by atoms with van der Waals surface area (Å²) in [5, 5.41) is 2.97. The number of halogens is 1. The Balaban J connectivity index is 1.98. The lowest BCUT2D eigenvalue weighted by atomic mass is 9.76. The molecule has 2 heterocycles. The number of benzene rings is 1. The lowest BCUT2D eigenvalue weighted by Crippen LogP contribution is -2.39. The standard InChI is InChI=1S/C13H14BrNO2/c1-13(5-8-6-17-7-8)10-4-9(14)2-3-11(10)15-12(13)16/h2-4,8H,5-7H2,1H3,(H,15,16). The number of fused-ring (bicyclic) bond motifs is 1. The van der Waals surface area contributed by atoms with Crippen LogP contribution in [0.4, 0.5) is 5.69 Å². The second-order valence-electron chi connectivity index (χ2n) is 5.08. The molecule has 1 saturated heterocycles. The number of ether oxygens (including phenoxy) is 1. The van der Waals surface area contributed by atoms with Crippen LogP contribution in [0.1, 0.15) is 18.9 Å². The molecule has 1 N–H and O–H groups in total. The van der Waals surface area contributed by atoms with E-state index in [1.54, 1.807) is 0 Å². The summed E-state index contributed by atoms with van der Waals surface area (Å²) < 4.78 is 6.21. The largest absolute Gasteiger partial charge is 0.381 e. The fourth-order valence-electron chi connectivity index (χ4n) is 2.65. The number of carbonyl (C=O) groups excluding carboxylic acids is 1. The molecule has 1 unspecified atom stereocenters. The molecular weight excluding hydrogens is 282 g/mol. The van der Waals surface area contributed by atoms with E-state index >= 15 is 0 Å². The first-order valence-electron chi connectivity index (χ1n) is 5.79. The predicted octanol–water partition coefficient (Wildman–Crippen LogP) is 2.70. The third kappa shape index (κ3) is 1.70. The zero-order chi connectivity index (χ0) is 12.0. The van der Waals surface area contributed by atoms with Gasteiger partial charge in [0.2, 0.25) is 5.91 Å². The minimum Gasteiger partial charge on any atom is -0.381 e. The quantitative estimate of drug-likeness (QED) is 0.911. The number of rotatable bonds is 2. The van der Waals surface area contributed by atoms with E-state index in [2.05, 4.69) is 21.2 Å². The van der Waals surface area contributed by atoms with Crippen molar-refractivity contribution in [3.63, 3.8) is 0 Å². The van der Waals surface area contributed by atoms with Crippen LogP contribution in [-0.2, 0) is 14.9 Å². The van der Waals surface area contributed by atoms with E-state index in [0.29, 0.717) is 5.92 Å². The highest BCUT2D eigenvalue weighted by Gasteiger charge is 2.45. The molecule has 0 radical (unpaired) electrons. The third-order valence-corrected chi connectivity index (χ3v) is 4.22. The zero-order valence-electron chi connectivity index (χ0n) is 9.63. The van der Waals surface area contributed by atoms with Gasteiger partial charge in [-0.2, -0.15) is 0 Å². The highest BCUT2D eigenvalue weighted by molar-refractivity contribution is 9.10. The highest BCUT2D eigenvalue weighted by Crippen LogP contribution is 2.43. The summed E-state index contributed by atoms with van der Waals surface area (Å²) in [6.07, 6.45) is 0.863. The van der Waals surface area contributed by atoms with Crippen molar-refractivity contribution in [2.45, 2.75) is 18.8 Å². The number of amides is 1. The first-order chi connectivity index (χ1) is 8.09. The van der Waals surface area contributed by atoms with Gasteiger partial charge in [0, 0.05) is 16.1 Å². The maximum Gasteiger partial charge on any atom is 0.234 e. The Labute approximate surface area is 109 Å². The number of hydrogen-bond donors (Lipinski definition) is 1. The minimum absolute atomic E-state index is 0.109. The Morgan fingerprint density at radius 2 is 2.29 bits per heavy atom. The van der Waals surface area contributed by atoms with E-state index in [-0.39, 0.29) is 5.91 Å². The molecule has 1 atom stereocenters. The Bertz CT molecular complexity index is 484. The SMILES string of the molecule is CC1(CC2COC2)C(=O)Nc2ccc(Br)cc21. The van der Waals surface area contributed by atoms with Crippen LogP contribution in [0.25, 0.3) is 0 Å². The van der Waals surface area contributed by atoms with Crippen LogP contribution < -0.4 is 5.32 Å². The summed E-state index contributed by atoms with van der Waals surface area (Å²) in [5.74, 6) is 0.619. The summed E-state index contributed by atoms with van der Waals surface area (Å²) in [6, 6.07) is 5.96. The summed E-state index contributed by atoms with van der Waals surface area (Å²) >= 11 is 3.47. The lowest BCUT2D eigenvalue weighted by molar-refractivity contribution is -0.122. The van der Waals surface area contributed by atoms with Crippen molar-refractivity contribution in [1.29, 1.82) is 0 Å². The third-order valence-electron chi connectivity index (χ3n) is 3.73. The van der Waals surface area contributed by atoms with Gasteiger partial charge in [-0.25, -0.2) is 0 Å². The molecule has 17 heavy (non-hydrogen) atoms. The molecule has 2 aliphatic rings. The van der Waals surface area contributed by atoms with E-state index in [9.17, 15) is 4.79 Å². The maximum atomic E-state index is 12.2. The van der Waals surface area contributed by atoms with Crippen LogP contribution in [0.3, 0.4) is 0 Å². The smallest absolute Gasteiger partial charge is 0.234 e. The Morgan fingerprint density at radius 1 is 1.53 bits per heavy atom. The summed E-state index contributed by atoms with van der Waals surface area (Å²) in [5.41, 5.74) is 1.64. The van der Waals surface area contributed by atoms with E-state index in [4.69, 9.17) is 4.74 Å². The fraction of sp³-hybridized carbons (Fsp3) is 0.462. The number of carbonyl (C=O) groups is 1. The first-order valence-corrected chi connectivity index (χ1v) is 6.58. The molecule has 0 aromatic heterocycles. The van der Waals surface area contributed by atoms with Crippen LogP contribution in [0.15, 0.2) is 22.7 Å². The molecule has 1 fully saturated rings. The average molecular weight is 296 g/mol. The lowest BCUT2D eigenvalue weighted by Gasteiger charge is -2.33. The second kappa shape index (κ2) is 3.82. The molecule has 1 amide bonds. The van der Waals surface area contributed by atoms with Crippen LogP contribution in [0.5, 0.6) is 0 Å². The Kier molecular flexibility index (Phi) is 2.52.